The second kappa shape index (κ2) is 4.48. The Balaban J connectivity index is 2.71. The molecular weight excluding hydrogens is 268 g/mol. The maximum absolute atomic E-state index is 12.1. The predicted molar refractivity (Wildman–Crippen MR) is 63.6 cm³/mol. The Hall–Kier alpha value is -2.64. The first-order chi connectivity index (χ1) is 9.36. The molecule has 0 saturated carbocycles. The molecule has 0 aliphatic carbocycles. The number of hydrogen-bond acceptors (Lipinski definition) is 6. The number of hydrogen-bond donors (Lipinski definition) is 0. The summed E-state index contributed by atoms with van der Waals surface area (Å²) in [4.78, 5) is 49.5. The van der Waals surface area contributed by atoms with Gasteiger partial charge in [-0.1, -0.05) is 0 Å². The maximum atomic E-state index is 12.1. The number of likely N-dealkylation sites (N-methyl/N-ethyl adjacent to an activating group) is 2. The third kappa shape index (κ3) is 1.54. The summed E-state index contributed by atoms with van der Waals surface area (Å²) < 4.78 is 9.79. The van der Waals surface area contributed by atoms with Gasteiger partial charge in [-0.3, -0.25) is 29.0 Å². The Kier molecular flexibility index (Phi) is 3.09. The van der Waals surface area contributed by atoms with E-state index in [9.17, 15) is 19.2 Å². The highest BCUT2D eigenvalue weighted by Crippen LogP contribution is 2.33. The van der Waals surface area contributed by atoms with E-state index in [1.807, 2.05) is 0 Å². The van der Waals surface area contributed by atoms with Crippen molar-refractivity contribution >= 4 is 23.6 Å². The van der Waals surface area contributed by atoms with Gasteiger partial charge < -0.3 is 9.47 Å². The van der Waals surface area contributed by atoms with Gasteiger partial charge in [0.15, 0.2) is 11.5 Å². The highest BCUT2D eigenvalue weighted by molar-refractivity contribution is 6.30. The SMILES string of the molecule is COC1=C(C2=C(OC)C(=O)N(C)C2=O)C(=O)N(C)C1=O. The lowest BCUT2D eigenvalue weighted by molar-refractivity contribution is -0.139. The minimum Gasteiger partial charge on any atom is -0.490 e. The van der Waals surface area contributed by atoms with Gasteiger partial charge in [-0.15, -0.1) is 0 Å². The molecule has 4 amide bonds. The molecule has 0 fully saturated rings. The third-order valence-corrected chi connectivity index (χ3v) is 3.15. The molecule has 0 unspecified atom stereocenters. The summed E-state index contributed by atoms with van der Waals surface area (Å²) in [6, 6.07) is 0. The van der Waals surface area contributed by atoms with Crippen LogP contribution in [0.1, 0.15) is 0 Å². The van der Waals surface area contributed by atoms with Crippen LogP contribution in [0.25, 0.3) is 0 Å². The third-order valence-electron chi connectivity index (χ3n) is 3.15. The number of ether oxygens (including phenoxy) is 2. The number of amides is 4. The van der Waals surface area contributed by atoms with Crippen LogP contribution in [0.5, 0.6) is 0 Å². The smallest absolute Gasteiger partial charge is 0.296 e. The van der Waals surface area contributed by atoms with Crippen LogP contribution in [0.15, 0.2) is 22.7 Å². The van der Waals surface area contributed by atoms with Gasteiger partial charge in [-0.2, -0.15) is 0 Å². The van der Waals surface area contributed by atoms with Crippen molar-refractivity contribution in [3.8, 4) is 0 Å². The molecule has 0 saturated heterocycles. The van der Waals surface area contributed by atoms with E-state index in [-0.39, 0.29) is 22.7 Å². The van der Waals surface area contributed by atoms with Gasteiger partial charge in [0.1, 0.15) is 11.1 Å². The molecule has 0 aromatic carbocycles. The fourth-order valence-corrected chi connectivity index (χ4v) is 2.05. The van der Waals surface area contributed by atoms with Gasteiger partial charge in [0.2, 0.25) is 0 Å². The number of rotatable bonds is 3. The number of methoxy groups -OCH3 is 2. The summed E-state index contributed by atoms with van der Waals surface area (Å²) >= 11 is 0. The Morgan fingerprint density at radius 2 is 0.950 bits per heavy atom. The Morgan fingerprint density at radius 3 is 1.20 bits per heavy atom. The molecule has 2 rings (SSSR count). The first-order valence-corrected chi connectivity index (χ1v) is 5.58. The summed E-state index contributed by atoms with van der Waals surface area (Å²) in [5, 5.41) is 0. The summed E-state index contributed by atoms with van der Waals surface area (Å²) in [7, 11) is 4.93. The zero-order valence-electron chi connectivity index (χ0n) is 11.3. The number of carbonyl (C=O) groups excluding carboxylic acids is 4. The summed E-state index contributed by atoms with van der Waals surface area (Å²) in [6.45, 7) is 0. The fourth-order valence-electron chi connectivity index (χ4n) is 2.05. The highest BCUT2D eigenvalue weighted by Gasteiger charge is 2.48. The summed E-state index contributed by atoms with van der Waals surface area (Å²) in [5.41, 5.74) is -0.501. The van der Waals surface area contributed by atoms with Crippen LogP contribution in [0, 0.1) is 0 Å². The predicted octanol–water partition coefficient (Wildman–Crippen LogP) is -1.22. The molecule has 20 heavy (non-hydrogen) atoms. The number of nitrogens with zero attached hydrogens (tertiary/aromatic N) is 2. The monoisotopic (exact) mass is 280 g/mol. The van der Waals surface area contributed by atoms with Crippen molar-refractivity contribution in [2.45, 2.75) is 0 Å². The second-order valence-corrected chi connectivity index (χ2v) is 4.16. The van der Waals surface area contributed by atoms with Crippen molar-refractivity contribution < 1.29 is 28.7 Å². The lowest BCUT2D eigenvalue weighted by atomic mass is 10.1. The van der Waals surface area contributed by atoms with Gasteiger partial charge in [0, 0.05) is 14.1 Å². The van der Waals surface area contributed by atoms with Crippen LogP contribution in [0.2, 0.25) is 0 Å². The van der Waals surface area contributed by atoms with Crippen LogP contribution in [-0.4, -0.2) is 61.7 Å². The van der Waals surface area contributed by atoms with Crippen LogP contribution >= 0.6 is 0 Å². The van der Waals surface area contributed by atoms with E-state index in [0.29, 0.717) is 0 Å². The standard InChI is InChI=1S/C12H12N2O6/c1-13-9(15)5(7(19-3)11(13)17)6-8(20-4)12(18)14(2)10(6)16/h1-4H3. The van der Waals surface area contributed by atoms with Crippen LogP contribution in [0.3, 0.4) is 0 Å². The van der Waals surface area contributed by atoms with E-state index in [1.54, 1.807) is 0 Å². The lowest BCUT2D eigenvalue weighted by Crippen LogP contribution is -2.29. The molecule has 0 bridgehead atoms. The van der Waals surface area contributed by atoms with E-state index in [2.05, 4.69) is 0 Å². The van der Waals surface area contributed by atoms with Crippen molar-refractivity contribution in [3.05, 3.63) is 22.7 Å². The molecule has 0 radical (unpaired) electrons. The molecule has 0 atom stereocenters. The summed E-state index contributed by atoms with van der Waals surface area (Å²) in [6.07, 6.45) is 0. The fraction of sp³-hybridized carbons (Fsp3) is 0.333. The molecule has 106 valence electrons. The lowest BCUT2D eigenvalue weighted by Gasteiger charge is -2.07. The minimum absolute atomic E-state index is 0.250. The Labute approximate surface area is 114 Å². The first kappa shape index (κ1) is 13.8. The molecule has 2 heterocycles. The van der Waals surface area contributed by atoms with Crippen molar-refractivity contribution in [1.82, 2.24) is 9.80 Å². The molecule has 0 N–H and O–H groups in total. The largest absolute Gasteiger partial charge is 0.490 e. The zero-order chi connectivity index (χ0) is 15.2. The minimum atomic E-state index is -0.715. The van der Waals surface area contributed by atoms with Gasteiger partial charge >= 0.3 is 0 Å². The zero-order valence-corrected chi connectivity index (χ0v) is 11.3. The van der Waals surface area contributed by atoms with Crippen LogP contribution in [0.4, 0.5) is 0 Å². The van der Waals surface area contributed by atoms with E-state index in [1.165, 1.54) is 28.3 Å². The van der Waals surface area contributed by atoms with Gasteiger partial charge in [-0.25, -0.2) is 0 Å². The summed E-state index contributed by atoms with van der Waals surface area (Å²) in [5.74, 6) is -3.34. The van der Waals surface area contributed by atoms with Gasteiger partial charge in [0.25, 0.3) is 23.6 Å². The van der Waals surface area contributed by atoms with Gasteiger partial charge in [-0.05, 0) is 0 Å². The molecule has 8 heteroatoms. The molecule has 0 aromatic heterocycles. The molecule has 0 spiro atoms. The average Bonchev–Trinajstić information content (AvgIpc) is 2.78. The van der Waals surface area contributed by atoms with Crippen molar-refractivity contribution in [3.63, 3.8) is 0 Å². The van der Waals surface area contributed by atoms with Crippen LogP contribution in [-0.2, 0) is 28.7 Å². The van der Waals surface area contributed by atoms with E-state index < -0.39 is 23.6 Å². The highest BCUT2D eigenvalue weighted by atomic mass is 16.5. The molecule has 2 aliphatic heterocycles. The maximum Gasteiger partial charge on any atom is 0.296 e. The topological polar surface area (TPSA) is 93.2 Å². The van der Waals surface area contributed by atoms with E-state index in [0.717, 1.165) is 9.80 Å². The van der Waals surface area contributed by atoms with Gasteiger partial charge in [0.05, 0.1) is 14.2 Å². The van der Waals surface area contributed by atoms with Crippen LogP contribution < -0.4 is 0 Å². The molecular formula is C12H12N2O6. The normalized spacial score (nSPS) is 19.8. The number of carbonyl (C=O) groups is 4. The second-order valence-electron chi connectivity index (χ2n) is 4.16. The van der Waals surface area contributed by atoms with E-state index in [4.69, 9.17) is 9.47 Å². The number of imide groups is 2. The van der Waals surface area contributed by atoms with E-state index >= 15 is 0 Å². The van der Waals surface area contributed by atoms with Crippen molar-refractivity contribution in [2.24, 2.45) is 0 Å². The average molecular weight is 280 g/mol. The van der Waals surface area contributed by atoms with Crippen molar-refractivity contribution in [2.75, 3.05) is 28.3 Å². The molecule has 2 aliphatic rings. The Morgan fingerprint density at radius 1 is 0.650 bits per heavy atom. The first-order valence-electron chi connectivity index (χ1n) is 5.58. The quantitative estimate of drug-likeness (QED) is 0.602. The van der Waals surface area contributed by atoms with Crippen molar-refractivity contribution in [1.29, 1.82) is 0 Å². The Bertz CT molecular complexity index is 561. The molecule has 0 aromatic rings. The molecule has 8 nitrogen and oxygen atoms in total.